The number of benzene rings is 1. The zero-order valence-electron chi connectivity index (χ0n) is 10.3. The number of rotatable bonds is 0. The summed E-state index contributed by atoms with van der Waals surface area (Å²) >= 11 is 6.01. The van der Waals surface area contributed by atoms with Crippen LogP contribution in [-0.2, 0) is 0 Å². The van der Waals surface area contributed by atoms with Crippen LogP contribution in [0.4, 0.5) is 0 Å². The summed E-state index contributed by atoms with van der Waals surface area (Å²) in [6, 6.07) is 14.1. The first-order valence-electron chi connectivity index (χ1n) is 6.07. The van der Waals surface area contributed by atoms with E-state index < -0.39 is 0 Å². The Morgan fingerprint density at radius 2 is 1.84 bits per heavy atom. The van der Waals surface area contributed by atoms with Crippen molar-refractivity contribution >= 4 is 39.1 Å². The molecule has 0 unspecified atom stereocenters. The van der Waals surface area contributed by atoms with E-state index in [4.69, 9.17) is 11.6 Å². The van der Waals surface area contributed by atoms with E-state index in [0.717, 1.165) is 27.9 Å². The molecule has 0 aliphatic rings. The van der Waals surface area contributed by atoms with Gasteiger partial charge in [-0.3, -0.25) is 4.40 Å². The largest absolute Gasteiger partial charge is 0.296 e. The lowest BCUT2D eigenvalue weighted by Gasteiger charge is -2.05. The van der Waals surface area contributed by atoms with Crippen LogP contribution in [0, 0.1) is 6.92 Å². The van der Waals surface area contributed by atoms with Crippen molar-refractivity contribution in [3.63, 3.8) is 0 Å². The molecule has 1 aromatic carbocycles. The highest BCUT2D eigenvalue weighted by molar-refractivity contribution is 6.29. The summed E-state index contributed by atoms with van der Waals surface area (Å²) in [4.78, 5) is 9.03. The number of aryl methyl sites for hydroxylation is 1. The van der Waals surface area contributed by atoms with Crippen molar-refractivity contribution in [2.45, 2.75) is 6.92 Å². The molecule has 3 nitrogen and oxygen atoms in total. The van der Waals surface area contributed by atoms with Gasteiger partial charge >= 0.3 is 0 Å². The molecular formula is C15H10ClN3. The van der Waals surface area contributed by atoms with Crippen molar-refractivity contribution in [3.05, 3.63) is 53.4 Å². The SMILES string of the molecule is Cc1nc2ccc(Cl)nc2c2cc3ccccc3n12. The highest BCUT2D eigenvalue weighted by Crippen LogP contribution is 2.26. The Balaban J connectivity index is 2.35. The van der Waals surface area contributed by atoms with Gasteiger partial charge in [0.15, 0.2) is 0 Å². The highest BCUT2D eigenvalue weighted by Gasteiger charge is 2.10. The number of halogens is 1. The molecule has 4 aromatic rings. The molecule has 0 N–H and O–H groups in total. The summed E-state index contributed by atoms with van der Waals surface area (Å²) in [5, 5.41) is 1.67. The zero-order chi connectivity index (χ0) is 13.0. The van der Waals surface area contributed by atoms with Crippen LogP contribution >= 0.6 is 11.6 Å². The van der Waals surface area contributed by atoms with Gasteiger partial charge in [0, 0.05) is 5.39 Å². The van der Waals surface area contributed by atoms with Crippen LogP contribution in [-0.4, -0.2) is 14.4 Å². The van der Waals surface area contributed by atoms with Gasteiger partial charge in [0.25, 0.3) is 0 Å². The minimum absolute atomic E-state index is 0.491. The molecule has 0 saturated carbocycles. The van der Waals surface area contributed by atoms with Crippen LogP contribution in [0.25, 0.3) is 27.5 Å². The molecule has 0 aliphatic carbocycles. The standard InChI is InChI=1S/C15H10ClN3/c1-9-17-11-6-7-14(16)18-15(11)13-8-10-4-2-3-5-12(10)19(9)13/h2-8H,1H3. The summed E-state index contributed by atoms with van der Waals surface area (Å²) in [7, 11) is 0. The number of aromatic nitrogens is 3. The molecule has 0 radical (unpaired) electrons. The van der Waals surface area contributed by atoms with Crippen molar-refractivity contribution in [1.29, 1.82) is 0 Å². The average Bonchev–Trinajstić information content (AvgIpc) is 2.80. The second-order valence-corrected chi connectivity index (χ2v) is 4.97. The molecule has 19 heavy (non-hydrogen) atoms. The fourth-order valence-electron chi connectivity index (χ4n) is 2.61. The number of fused-ring (bicyclic) bond motifs is 5. The van der Waals surface area contributed by atoms with Crippen LogP contribution in [0.2, 0.25) is 5.15 Å². The minimum Gasteiger partial charge on any atom is -0.296 e. The van der Waals surface area contributed by atoms with Gasteiger partial charge in [-0.05, 0) is 31.2 Å². The third kappa shape index (κ3) is 1.45. The van der Waals surface area contributed by atoms with E-state index in [1.165, 1.54) is 5.39 Å². The molecule has 4 rings (SSSR count). The summed E-state index contributed by atoms with van der Waals surface area (Å²) in [6.07, 6.45) is 0. The van der Waals surface area contributed by atoms with E-state index in [-0.39, 0.29) is 0 Å². The lowest BCUT2D eigenvalue weighted by atomic mass is 10.2. The quantitative estimate of drug-likeness (QED) is 0.451. The van der Waals surface area contributed by atoms with Crippen LogP contribution < -0.4 is 0 Å². The minimum atomic E-state index is 0.491. The summed E-state index contributed by atoms with van der Waals surface area (Å²) < 4.78 is 2.13. The zero-order valence-corrected chi connectivity index (χ0v) is 11.0. The van der Waals surface area contributed by atoms with Crippen LogP contribution in [0.1, 0.15) is 5.82 Å². The molecular weight excluding hydrogens is 258 g/mol. The van der Waals surface area contributed by atoms with Crippen LogP contribution in [0.5, 0.6) is 0 Å². The average molecular weight is 268 g/mol. The van der Waals surface area contributed by atoms with Gasteiger partial charge < -0.3 is 0 Å². The topological polar surface area (TPSA) is 30.2 Å². The van der Waals surface area contributed by atoms with Gasteiger partial charge in [-0.25, -0.2) is 9.97 Å². The van der Waals surface area contributed by atoms with Crippen molar-refractivity contribution in [2.75, 3.05) is 0 Å². The van der Waals surface area contributed by atoms with Gasteiger partial charge in [0.1, 0.15) is 16.5 Å². The highest BCUT2D eigenvalue weighted by atomic mass is 35.5. The second kappa shape index (κ2) is 3.68. The smallest absolute Gasteiger partial charge is 0.130 e. The monoisotopic (exact) mass is 267 g/mol. The molecule has 0 atom stereocenters. The van der Waals surface area contributed by atoms with Crippen LogP contribution in [0.15, 0.2) is 42.5 Å². The van der Waals surface area contributed by atoms with Crippen molar-refractivity contribution in [3.8, 4) is 0 Å². The predicted molar refractivity (Wildman–Crippen MR) is 77.7 cm³/mol. The van der Waals surface area contributed by atoms with E-state index in [2.05, 4.69) is 32.6 Å². The first-order valence-corrected chi connectivity index (χ1v) is 6.45. The fraction of sp³-hybridized carbons (Fsp3) is 0.0667. The van der Waals surface area contributed by atoms with Crippen LogP contribution in [0.3, 0.4) is 0 Å². The summed E-state index contributed by atoms with van der Waals surface area (Å²) in [6.45, 7) is 2.01. The molecule has 0 aliphatic heterocycles. The second-order valence-electron chi connectivity index (χ2n) is 4.58. The first-order chi connectivity index (χ1) is 9.24. The Morgan fingerprint density at radius 1 is 1.00 bits per heavy atom. The van der Waals surface area contributed by atoms with Gasteiger partial charge in [-0.15, -0.1) is 0 Å². The number of pyridine rings is 1. The van der Waals surface area contributed by atoms with Crippen molar-refractivity contribution in [1.82, 2.24) is 14.4 Å². The summed E-state index contributed by atoms with van der Waals surface area (Å²) in [5.74, 6) is 0.952. The Labute approximate surface area is 114 Å². The predicted octanol–water partition coefficient (Wildman–Crippen LogP) is 4.00. The maximum atomic E-state index is 6.01. The lowest BCUT2D eigenvalue weighted by molar-refractivity contribution is 1.04. The molecule has 0 spiro atoms. The summed E-state index contributed by atoms with van der Waals surface area (Å²) in [5.41, 5.74) is 3.91. The Morgan fingerprint density at radius 3 is 2.74 bits per heavy atom. The first kappa shape index (κ1) is 10.8. The van der Waals surface area contributed by atoms with Gasteiger partial charge in [-0.2, -0.15) is 0 Å². The molecule has 3 aromatic heterocycles. The number of para-hydroxylation sites is 1. The van der Waals surface area contributed by atoms with E-state index in [1.807, 2.05) is 25.1 Å². The molecule has 0 saturated heterocycles. The Kier molecular flexibility index (Phi) is 2.09. The Hall–Kier alpha value is -2.13. The van der Waals surface area contributed by atoms with E-state index in [9.17, 15) is 0 Å². The lowest BCUT2D eigenvalue weighted by Crippen LogP contribution is -1.97. The maximum absolute atomic E-state index is 6.01. The Bertz CT molecular complexity index is 940. The third-order valence-corrected chi connectivity index (χ3v) is 3.61. The molecule has 0 bridgehead atoms. The number of nitrogens with zero attached hydrogens (tertiary/aromatic N) is 3. The normalized spacial score (nSPS) is 11.7. The van der Waals surface area contributed by atoms with Crippen molar-refractivity contribution in [2.24, 2.45) is 0 Å². The maximum Gasteiger partial charge on any atom is 0.130 e. The third-order valence-electron chi connectivity index (χ3n) is 3.40. The van der Waals surface area contributed by atoms with Gasteiger partial charge in [0.2, 0.25) is 0 Å². The number of hydrogen-bond donors (Lipinski definition) is 0. The van der Waals surface area contributed by atoms with E-state index in [0.29, 0.717) is 5.15 Å². The van der Waals surface area contributed by atoms with Gasteiger partial charge in [0.05, 0.1) is 16.6 Å². The molecule has 0 amide bonds. The molecule has 3 heterocycles. The van der Waals surface area contributed by atoms with Crippen molar-refractivity contribution < 1.29 is 0 Å². The van der Waals surface area contributed by atoms with E-state index >= 15 is 0 Å². The number of hydrogen-bond acceptors (Lipinski definition) is 2. The molecule has 4 heteroatoms. The van der Waals surface area contributed by atoms with Gasteiger partial charge in [-0.1, -0.05) is 29.8 Å². The fourth-order valence-corrected chi connectivity index (χ4v) is 2.76. The molecule has 0 fully saturated rings. The molecule has 92 valence electrons. The van der Waals surface area contributed by atoms with E-state index in [1.54, 1.807) is 6.07 Å².